The number of aliphatic hydroxyl groups excluding tert-OH is 2. The molecule has 0 aromatic heterocycles. The van der Waals surface area contributed by atoms with E-state index in [1.807, 2.05) is 13.8 Å². The van der Waals surface area contributed by atoms with Crippen molar-refractivity contribution in [2.75, 3.05) is 26.3 Å². The molecule has 1 unspecified atom stereocenters. The first-order chi connectivity index (χ1) is 8.93. The van der Waals surface area contributed by atoms with Gasteiger partial charge in [-0.2, -0.15) is 0 Å². The third-order valence-corrected chi connectivity index (χ3v) is 3.90. The fourth-order valence-corrected chi connectivity index (χ4v) is 2.34. The predicted molar refractivity (Wildman–Crippen MR) is 77.1 cm³/mol. The van der Waals surface area contributed by atoms with E-state index >= 15 is 0 Å². The second kappa shape index (κ2) is 8.20. The summed E-state index contributed by atoms with van der Waals surface area (Å²) in [6.07, 6.45) is 4.60. The van der Waals surface area contributed by atoms with Gasteiger partial charge in [0.15, 0.2) is 0 Å². The topological polar surface area (TPSA) is 61.7 Å². The van der Waals surface area contributed by atoms with Gasteiger partial charge in [0.25, 0.3) is 0 Å². The van der Waals surface area contributed by atoms with Crippen LogP contribution in [0, 0.1) is 11.3 Å². The van der Waals surface area contributed by atoms with E-state index in [9.17, 15) is 5.11 Å². The lowest BCUT2D eigenvalue weighted by atomic mass is 9.89. The summed E-state index contributed by atoms with van der Waals surface area (Å²) in [5.74, 6) is 0.826. The minimum Gasteiger partial charge on any atom is -0.396 e. The van der Waals surface area contributed by atoms with E-state index < -0.39 is 6.10 Å². The van der Waals surface area contributed by atoms with Crippen molar-refractivity contribution in [3.8, 4) is 0 Å². The van der Waals surface area contributed by atoms with E-state index in [2.05, 4.69) is 12.2 Å². The van der Waals surface area contributed by atoms with Gasteiger partial charge in [0.2, 0.25) is 0 Å². The Hall–Kier alpha value is -0.160. The van der Waals surface area contributed by atoms with Crippen LogP contribution in [0.15, 0.2) is 0 Å². The maximum atomic E-state index is 9.85. The first-order valence-corrected chi connectivity index (χ1v) is 7.54. The SMILES string of the molecule is CC1CCC(OCC(O)CNCC(C)(C)CO)CC1. The minimum atomic E-state index is -0.464. The summed E-state index contributed by atoms with van der Waals surface area (Å²) in [5.41, 5.74) is -0.139. The molecule has 1 rings (SSSR count). The van der Waals surface area contributed by atoms with Gasteiger partial charge in [-0.25, -0.2) is 0 Å². The van der Waals surface area contributed by atoms with E-state index in [4.69, 9.17) is 9.84 Å². The van der Waals surface area contributed by atoms with Crippen LogP contribution in [-0.2, 0) is 4.74 Å². The monoisotopic (exact) mass is 273 g/mol. The molecule has 19 heavy (non-hydrogen) atoms. The van der Waals surface area contributed by atoms with Crippen LogP contribution in [0.1, 0.15) is 46.5 Å². The van der Waals surface area contributed by atoms with Crippen LogP contribution in [0.25, 0.3) is 0 Å². The van der Waals surface area contributed by atoms with Gasteiger partial charge in [-0.1, -0.05) is 20.8 Å². The molecule has 3 N–H and O–H groups in total. The van der Waals surface area contributed by atoms with Gasteiger partial charge < -0.3 is 20.3 Å². The Kier molecular flexibility index (Phi) is 7.29. The van der Waals surface area contributed by atoms with E-state index in [1.165, 1.54) is 12.8 Å². The molecule has 1 saturated carbocycles. The van der Waals surface area contributed by atoms with E-state index in [0.717, 1.165) is 18.8 Å². The summed E-state index contributed by atoms with van der Waals surface area (Å²) in [5, 5.41) is 22.2. The highest BCUT2D eigenvalue weighted by Crippen LogP contribution is 2.25. The minimum absolute atomic E-state index is 0.139. The molecule has 1 aliphatic rings. The van der Waals surface area contributed by atoms with Crippen molar-refractivity contribution in [1.82, 2.24) is 5.32 Å². The number of ether oxygens (including phenoxy) is 1. The normalized spacial score (nSPS) is 26.4. The number of nitrogens with one attached hydrogen (secondary N) is 1. The van der Waals surface area contributed by atoms with Crippen molar-refractivity contribution < 1.29 is 14.9 Å². The molecule has 0 aliphatic heterocycles. The summed E-state index contributed by atoms with van der Waals surface area (Å²) in [6.45, 7) is 8.04. The summed E-state index contributed by atoms with van der Waals surface area (Å²) in [6, 6.07) is 0. The Morgan fingerprint density at radius 2 is 1.89 bits per heavy atom. The lowest BCUT2D eigenvalue weighted by molar-refractivity contribution is -0.0284. The molecule has 0 heterocycles. The third-order valence-electron chi connectivity index (χ3n) is 3.90. The van der Waals surface area contributed by atoms with Gasteiger partial charge in [-0.05, 0) is 31.6 Å². The second-order valence-corrected chi connectivity index (χ2v) is 6.82. The zero-order valence-corrected chi connectivity index (χ0v) is 12.7. The van der Waals surface area contributed by atoms with Crippen LogP contribution < -0.4 is 5.32 Å². The fraction of sp³-hybridized carbons (Fsp3) is 1.00. The second-order valence-electron chi connectivity index (χ2n) is 6.82. The van der Waals surface area contributed by atoms with E-state index in [0.29, 0.717) is 25.8 Å². The lowest BCUT2D eigenvalue weighted by Crippen LogP contribution is -2.38. The zero-order valence-electron chi connectivity index (χ0n) is 12.7. The average molecular weight is 273 g/mol. The largest absolute Gasteiger partial charge is 0.396 e. The molecule has 0 saturated heterocycles. The summed E-state index contributed by atoms with van der Waals surface area (Å²) >= 11 is 0. The van der Waals surface area contributed by atoms with Crippen molar-refractivity contribution in [3.05, 3.63) is 0 Å². The Bertz CT molecular complexity index is 238. The quantitative estimate of drug-likeness (QED) is 0.628. The van der Waals surface area contributed by atoms with Crippen LogP contribution in [0.4, 0.5) is 0 Å². The fourth-order valence-electron chi connectivity index (χ4n) is 2.34. The highest BCUT2D eigenvalue weighted by molar-refractivity contribution is 4.73. The number of aliphatic hydroxyl groups is 2. The van der Waals surface area contributed by atoms with Gasteiger partial charge in [0.05, 0.1) is 18.8 Å². The van der Waals surface area contributed by atoms with Gasteiger partial charge in [0, 0.05) is 25.1 Å². The molecule has 0 aromatic carbocycles. The van der Waals surface area contributed by atoms with Crippen LogP contribution in [0.5, 0.6) is 0 Å². The Labute approximate surface area is 117 Å². The Balaban J connectivity index is 2.06. The van der Waals surface area contributed by atoms with Gasteiger partial charge in [-0.15, -0.1) is 0 Å². The van der Waals surface area contributed by atoms with E-state index in [1.54, 1.807) is 0 Å². The number of hydrogen-bond donors (Lipinski definition) is 3. The molecule has 0 radical (unpaired) electrons. The molecular formula is C15H31NO3. The van der Waals surface area contributed by atoms with Crippen LogP contribution >= 0.6 is 0 Å². The maximum absolute atomic E-state index is 9.85. The van der Waals surface area contributed by atoms with Crippen LogP contribution in [-0.4, -0.2) is 48.7 Å². The zero-order chi connectivity index (χ0) is 14.3. The Morgan fingerprint density at radius 3 is 2.47 bits per heavy atom. The van der Waals surface area contributed by atoms with Crippen LogP contribution in [0.3, 0.4) is 0 Å². The summed E-state index contributed by atoms with van der Waals surface area (Å²) in [7, 11) is 0. The summed E-state index contributed by atoms with van der Waals surface area (Å²) < 4.78 is 5.76. The van der Waals surface area contributed by atoms with Gasteiger partial charge >= 0.3 is 0 Å². The van der Waals surface area contributed by atoms with Crippen molar-refractivity contribution in [3.63, 3.8) is 0 Å². The van der Waals surface area contributed by atoms with Crippen LogP contribution in [0.2, 0.25) is 0 Å². The predicted octanol–water partition coefficient (Wildman–Crippen LogP) is 1.55. The molecule has 4 heteroatoms. The maximum Gasteiger partial charge on any atom is 0.0897 e. The average Bonchev–Trinajstić information content (AvgIpc) is 2.38. The van der Waals surface area contributed by atoms with Gasteiger partial charge in [0.1, 0.15) is 0 Å². The third kappa shape index (κ3) is 7.25. The molecule has 0 amide bonds. The van der Waals surface area contributed by atoms with Crippen molar-refractivity contribution in [2.45, 2.75) is 58.7 Å². The molecule has 0 aromatic rings. The number of rotatable bonds is 8. The smallest absolute Gasteiger partial charge is 0.0897 e. The molecular weight excluding hydrogens is 242 g/mol. The van der Waals surface area contributed by atoms with Crippen molar-refractivity contribution in [1.29, 1.82) is 0 Å². The van der Waals surface area contributed by atoms with Crippen molar-refractivity contribution in [2.24, 2.45) is 11.3 Å². The molecule has 4 nitrogen and oxygen atoms in total. The summed E-state index contributed by atoms with van der Waals surface area (Å²) in [4.78, 5) is 0. The molecule has 1 aliphatic carbocycles. The highest BCUT2D eigenvalue weighted by Gasteiger charge is 2.20. The standard InChI is InChI=1S/C15H31NO3/c1-12-4-6-14(7-5-12)19-9-13(18)8-16-10-15(2,3)11-17/h12-14,16-18H,4-11H2,1-3H3. The van der Waals surface area contributed by atoms with Gasteiger partial charge in [-0.3, -0.25) is 0 Å². The van der Waals surface area contributed by atoms with E-state index in [-0.39, 0.29) is 12.0 Å². The first kappa shape index (κ1) is 16.9. The molecule has 1 atom stereocenters. The number of hydrogen-bond acceptors (Lipinski definition) is 4. The lowest BCUT2D eigenvalue weighted by Gasteiger charge is -2.27. The molecule has 114 valence electrons. The molecule has 1 fully saturated rings. The highest BCUT2D eigenvalue weighted by atomic mass is 16.5. The molecule has 0 bridgehead atoms. The Morgan fingerprint density at radius 1 is 1.26 bits per heavy atom. The first-order valence-electron chi connectivity index (χ1n) is 7.54. The van der Waals surface area contributed by atoms with Crippen molar-refractivity contribution >= 4 is 0 Å². The molecule has 0 spiro atoms.